The molecule has 4 unspecified atom stereocenters. The quantitative estimate of drug-likeness (QED) is 0.857. The van der Waals surface area contributed by atoms with Gasteiger partial charge in [-0.15, -0.1) is 0 Å². The maximum absolute atomic E-state index is 12.8. The van der Waals surface area contributed by atoms with Gasteiger partial charge in [0, 0.05) is 19.1 Å². The van der Waals surface area contributed by atoms with Crippen molar-refractivity contribution in [3.8, 4) is 0 Å². The second kappa shape index (κ2) is 6.65. The van der Waals surface area contributed by atoms with Crippen molar-refractivity contribution in [2.24, 2.45) is 17.8 Å². The summed E-state index contributed by atoms with van der Waals surface area (Å²) in [6.07, 6.45) is -2.43. The van der Waals surface area contributed by atoms with Crippen LogP contribution in [-0.2, 0) is 10.2 Å². The van der Waals surface area contributed by atoms with E-state index in [9.17, 15) is 21.6 Å². The third-order valence-corrected chi connectivity index (χ3v) is 6.24. The second-order valence-electron chi connectivity index (χ2n) is 6.99. The number of halogens is 3. The highest BCUT2D eigenvalue weighted by Crippen LogP contribution is 2.37. The monoisotopic (exact) mass is 342 g/mol. The Balaban J connectivity index is 1.99. The molecule has 0 spiro atoms. The molecular weight excluding hydrogens is 317 g/mol. The fraction of sp³-hybridized carbons (Fsp3) is 1.00. The van der Waals surface area contributed by atoms with Gasteiger partial charge in [-0.05, 0) is 37.5 Å². The molecule has 1 saturated carbocycles. The highest BCUT2D eigenvalue weighted by atomic mass is 32.2. The van der Waals surface area contributed by atoms with Crippen LogP contribution in [0.1, 0.15) is 46.0 Å². The average molecular weight is 342 g/mol. The van der Waals surface area contributed by atoms with Gasteiger partial charge >= 0.3 is 6.18 Å². The Kier molecular flexibility index (Phi) is 5.44. The van der Waals surface area contributed by atoms with Gasteiger partial charge in [0.05, 0.1) is 5.92 Å². The van der Waals surface area contributed by atoms with Crippen LogP contribution >= 0.6 is 0 Å². The molecule has 0 bridgehead atoms. The lowest BCUT2D eigenvalue weighted by molar-refractivity contribution is -0.183. The normalized spacial score (nSPS) is 35.5. The number of rotatable bonds is 3. The Morgan fingerprint density at radius 1 is 1.05 bits per heavy atom. The Labute approximate surface area is 130 Å². The lowest BCUT2D eigenvalue weighted by Crippen LogP contribution is -2.51. The number of hydrogen-bond acceptors (Lipinski definition) is 2. The van der Waals surface area contributed by atoms with Crippen molar-refractivity contribution in [1.82, 2.24) is 9.03 Å². The van der Waals surface area contributed by atoms with Gasteiger partial charge in [-0.1, -0.05) is 20.3 Å². The van der Waals surface area contributed by atoms with E-state index in [1.54, 1.807) is 0 Å². The van der Waals surface area contributed by atoms with Gasteiger partial charge in [-0.3, -0.25) is 0 Å². The molecular formula is C14H25F3N2O2S. The molecule has 2 fully saturated rings. The highest BCUT2D eigenvalue weighted by molar-refractivity contribution is 7.87. The summed E-state index contributed by atoms with van der Waals surface area (Å²) >= 11 is 0. The molecule has 1 aliphatic carbocycles. The minimum atomic E-state index is -4.24. The van der Waals surface area contributed by atoms with Gasteiger partial charge in [0.2, 0.25) is 0 Å². The Hall–Kier alpha value is -0.340. The predicted octanol–water partition coefficient (Wildman–Crippen LogP) is 2.92. The van der Waals surface area contributed by atoms with Crippen molar-refractivity contribution in [2.45, 2.75) is 58.2 Å². The molecule has 0 amide bonds. The van der Waals surface area contributed by atoms with E-state index in [1.807, 2.05) is 13.8 Å². The van der Waals surface area contributed by atoms with Crippen molar-refractivity contribution >= 4 is 10.2 Å². The maximum Gasteiger partial charge on any atom is 0.391 e. The summed E-state index contributed by atoms with van der Waals surface area (Å²) in [7, 11) is -3.70. The molecule has 2 rings (SSSR count). The first kappa shape index (κ1) is 18.0. The van der Waals surface area contributed by atoms with Crippen molar-refractivity contribution in [3.63, 3.8) is 0 Å². The highest BCUT2D eigenvalue weighted by Gasteiger charge is 2.43. The van der Waals surface area contributed by atoms with Crippen LogP contribution in [0.3, 0.4) is 0 Å². The van der Waals surface area contributed by atoms with E-state index in [-0.39, 0.29) is 24.7 Å². The molecule has 2 aliphatic rings. The lowest BCUT2D eigenvalue weighted by Gasteiger charge is -2.36. The van der Waals surface area contributed by atoms with E-state index < -0.39 is 28.3 Å². The predicted molar refractivity (Wildman–Crippen MR) is 78.4 cm³/mol. The summed E-state index contributed by atoms with van der Waals surface area (Å²) in [5, 5.41) is 0. The van der Waals surface area contributed by atoms with Crippen LogP contribution in [0.15, 0.2) is 0 Å². The zero-order chi connectivity index (χ0) is 16.5. The first-order chi connectivity index (χ1) is 10.1. The molecule has 0 aromatic carbocycles. The number of hydrogen-bond donors (Lipinski definition) is 1. The van der Waals surface area contributed by atoms with E-state index in [2.05, 4.69) is 4.72 Å². The van der Waals surface area contributed by atoms with Crippen LogP contribution < -0.4 is 4.72 Å². The van der Waals surface area contributed by atoms with E-state index in [4.69, 9.17) is 0 Å². The largest absolute Gasteiger partial charge is 0.391 e. The summed E-state index contributed by atoms with van der Waals surface area (Å²) < 4.78 is 67.2. The van der Waals surface area contributed by atoms with Crippen LogP contribution in [0.5, 0.6) is 0 Å². The Morgan fingerprint density at radius 3 is 2.18 bits per heavy atom. The molecule has 22 heavy (non-hydrogen) atoms. The van der Waals surface area contributed by atoms with Crippen LogP contribution in [-0.4, -0.2) is 38.0 Å². The molecule has 130 valence electrons. The number of piperidine rings is 1. The molecule has 1 saturated heterocycles. The fourth-order valence-corrected chi connectivity index (χ4v) is 5.37. The van der Waals surface area contributed by atoms with Gasteiger partial charge in [-0.2, -0.15) is 30.6 Å². The van der Waals surface area contributed by atoms with Gasteiger partial charge in [0.25, 0.3) is 10.2 Å². The molecule has 0 radical (unpaired) electrons. The van der Waals surface area contributed by atoms with Crippen molar-refractivity contribution in [3.05, 3.63) is 0 Å². The number of nitrogens with one attached hydrogen (secondary N) is 1. The van der Waals surface area contributed by atoms with Crippen molar-refractivity contribution in [1.29, 1.82) is 0 Å². The average Bonchev–Trinajstić information content (AvgIpc) is 2.36. The van der Waals surface area contributed by atoms with E-state index in [0.717, 1.165) is 6.42 Å². The Morgan fingerprint density at radius 2 is 1.64 bits per heavy atom. The van der Waals surface area contributed by atoms with Gasteiger partial charge < -0.3 is 0 Å². The number of nitrogens with zero attached hydrogens (tertiary/aromatic N) is 1. The summed E-state index contributed by atoms with van der Waals surface area (Å²) in [6, 6.07) is -0.613. The molecule has 0 aromatic rings. The molecule has 1 N–H and O–H groups in total. The van der Waals surface area contributed by atoms with E-state index in [0.29, 0.717) is 25.9 Å². The maximum atomic E-state index is 12.8. The van der Waals surface area contributed by atoms with Gasteiger partial charge in [-0.25, -0.2) is 0 Å². The molecule has 1 heterocycles. The van der Waals surface area contributed by atoms with E-state index >= 15 is 0 Å². The lowest BCUT2D eigenvalue weighted by atomic mass is 9.86. The molecule has 4 nitrogen and oxygen atoms in total. The molecule has 8 heteroatoms. The number of alkyl halides is 3. The third-order valence-electron chi connectivity index (χ3n) is 4.63. The summed E-state index contributed by atoms with van der Waals surface area (Å²) in [6.45, 7) is 4.88. The minimum absolute atomic E-state index is 0.0967. The smallest absolute Gasteiger partial charge is 0.199 e. The SMILES string of the molecule is CC1CC(C)CN(S(=O)(=O)NC2CCCC(C(F)(F)F)C2)C1. The minimum Gasteiger partial charge on any atom is -0.199 e. The van der Waals surface area contributed by atoms with Gasteiger partial charge in [0.1, 0.15) is 0 Å². The molecule has 0 aromatic heterocycles. The van der Waals surface area contributed by atoms with Crippen LogP contribution in [0.25, 0.3) is 0 Å². The zero-order valence-electron chi connectivity index (χ0n) is 13.1. The topological polar surface area (TPSA) is 49.4 Å². The van der Waals surface area contributed by atoms with Gasteiger partial charge in [0.15, 0.2) is 0 Å². The van der Waals surface area contributed by atoms with E-state index in [1.165, 1.54) is 4.31 Å². The van der Waals surface area contributed by atoms with Crippen LogP contribution in [0.4, 0.5) is 13.2 Å². The Bertz CT molecular complexity index is 471. The standard InChI is InChI=1S/C14H25F3N2O2S/c1-10-6-11(2)9-19(8-10)22(20,21)18-13-5-3-4-12(7-13)14(15,16)17/h10-13,18H,3-9H2,1-2H3. The summed E-state index contributed by atoms with van der Waals surface area (Å²) in [5.41, 5.74) is 0. The fourth-order valence-electron chi connectivity index (χ4n) is 3.68. The van der Waals surface area contributed by atoms with Crippen LogP contribution in [0, 0.1) is 17.8 Å². The van der Waals surface area contributed by atoms with Crippen LogP contribution in [0.2, 0.25) is 0 Å². The zero-order valence-corrected chi connectivity index (χ0v) is 13.9. The third kappa shape index (κ3) is 4.58. The van der Waals surface area contributed by atoms with Crippen molar-refractivity contribution < 1.29 is 21.6 Å². The molecule has 1 aliphatic heterocycles. The molecule has 4 atom stereocenters. The summed E-state index contributed by atoms with van der Waals surface area (Å²) in [5.74, 6) is -0.850. The summed E-state index contributed by atoms with van der Waals surface area (Å²) in [4.78, 5) is 0. The van der Waals surface area contributed by atoms with Crippen molar-refractivity contribution in [2.75, 3.05) is 13.1 Å². The first-order valence-corrected chi connectivity index (χ1v) is 9.36. The first-order valence-electron chi connectivity index (χ1n) is 7.92. The second-order valence-corrected chi connectivity index (χ2v) is 8.69.